The summed E-state index contributed by atoms with van der Waals surface area (Å²) in [5, 5.41) is 15.5. The van der Waals surface area contributed by atoms with Crippen molar-refractivity contribution in [3.05, 3.63) is 87.4 Å². The van der Waals surface area contributed by atoms with E-state index in [0.29, 0.717) is 5.56 Å². The van der Waals surface area contributed by atoms with Crippen LogP contribution in [0.1, 0.15) is 11.1 Å². The fourth-order valence-electron chi connectivity index (χ4n) is 2.66. The van der Waals surface area contributed by atoms with Gasteiger partial charge in [0, 0.05) is 52.2 Å². The van der Waals surface area contributed by atoms with Gasteiger partial charge in [-0.3, -0.25) is 20.1 Å². The average molecular weight is 366 g/mol. The maximum Gasteiger partial charge on any atom is 0.272 e. The number of hydrogen-bond acceptors (Lipinski definition) is 4. The first-order chi connectivity index (χ1) is 12.5. The Bertz CT molecular complexity index is 1070. The van der Waals surface area contributed by atoms with Crippen LogP contribution in [0.5, 0.6) is 0 Å². The quantitative estimate of drug-likeness (QED) is 0.323. The average Bonchev–Trinajstić information content (AvgIpc) is 2.62. The van der Waals surface area contributed by atoms with Crippen LogP contribution >= 0.6 is 11.6 Å². The maximum absolute atomic E-state index is 10.7. The lowest BCUT2D eigenvalue weighted by atomic mass is 10.1. The Hall–Kier alpha value is -3.05. The Morgan fingerprint density at radius 2 is 1.38 bits per heavy atom. The molecule has 0 fully saturated rings. The zero-order chi connectivity index (χ0) is 18.7. The predicted octanol–water partition coefficient (Wildman–Crippen LogP) is 5.65. The van der Waals surface area contributed by atoms with Crippen molar-refractivity contribution in [1.29, 1.82) is 0 Å². The highest BCUT2D eigenvalue weighted by Crippen LogP contribution is 2.24. The molecule has 0 bridgehead atoms. The molecule has 2 aromatic heterocycles. The molecule has 130 valence electrons. The van der Waals surface area contributed by atoms with E-state index in [9.17, 15) is 10.1 Å². The van der Waals surface area contributed by atoms with Gasteiger partial charge in [0.05, 0.1) is 4.92 Å². The smallest absolute Gasteiger partial charge is 0.264 e. The number of fused-ring (bicyclic) bond motifs is 2. The standard InChI is InChI=1S/C10H8ClN.C10H8N2O2/c1-7-4-8-2-3-12-6-9(8)5-10(7)11;1-7-4-8-2-3-11-6-9(8)5-10(7)12(13)14/h2-6H,1H3;2-6H,1H3. The number of nitrogens with zero attached hydrogens (tertiary/aromatic N) is 3. The third kappa shape index (κ3) is 3.78. The summed E-state index contributed by atoms with van der Waals surface area (Å²) in [6, 6.07) is 11.2. The molecule has 5 nitrogen and oxygen atoms in total. The van der Waals surface area contributed by atoms with Gasteiger partial charge in [0.25, 0.3) is 5.69 Å². The van der Waals surface area contributed by atoms with E-state index in [1.54, 1.807) is 37.6 Å². The minimum absolute atomic E-state index is 0.144. The van der Waals surface area contributed by atoms with E-state index in [1.165, 1.54) is 5.39 Å². The fourth-order valence-corrected chi connectivity index (χ4v) is 2.83. The van der Waals surface area contributed by atoms with Crippen molar-refractivity contribution in [3.8, 4) is 0 Å². The topological polar surface area (TPSA) is 68.9 Å². The number of halogens is 1. The lowest BCUT2D eigenvalue weighted by Crippen LogP contribution is -1.91. The zero-order valence-corrected chi connectivity index (χ0v) is 15.1. The number of aromatic nitrogens is 2. The Morgan fingerprint density at radius 3 is 1.96 bits per heavy atom. The van der Waals surface area contributed by atoms with Gasteiger partial charge in [0.15, 0.2) is 0 Å². The molecule has 0 aliphatic heterocycles. The van der Waals surface area contributed by atoms with Crippen molar-refractivity contribution in [2.45, 2.75) is 13.8 Å². The molecule has 0 atom stereocenters. The van der Waals surface area contributed by atoms with Crippen LogP contribution in [0.25, 0.3) is 21.5 Å². The van der Waals surface area contributed by atoms with Crippen LogP contribution in [-0.4, -0.2) is 14.9 Å². The summed E-state index contributed by atoms with van der Waals surface area (Å²) in [4.78, 5) is 18.2. The number of nitro groups is 1. The molecule has 0 unspecified atom stereocenters. The van der Waals surface area contributed by atoms with Crippen LogP contribution < -0.4 is 0 Å². The van der Waals surface area contributed by atoms with Crippen molar-refractivity contribution in [2.75, 3.05) is 0 Å². The molecular formula is C20H16ClN3O2. The van der Waals surface area contributed by atoms with Crippen LogP contribution in [0.3, 0.4) is 0 Å². The number of aryl methyl sites for hydroxylation is 2. The number of nitro benzene ring substituents is 1. The maximum atomic E-state index is 10.7. The molecule has 2 heterocycles. The molecule has 0 saturated carbocycles. The van der Waals surface area contributed by atoms with Crippen molar-refractivity contribution >= 4 is 38.8 Å². The molecular weight excluding hydrogens is 350 g/mol. The summed E-state index contributed by atoms with van der Waals surface area (Å²) >= 11 is 5.96. The molecule has 0 N–H and O–H groups in total. The first-order valence-corrected chi connectivity index (χ1v) is 8.32. The van der Waals surface area contributed by atoms with Gasteiger partial charge >= 0.3 is 0 Å². The Kier molecular flexibility index (Phi) is 5.09. The number of benzene rings is 2. The number of pyridine rings is 2. The van der Waals surface area contributed by atoms with E-state index in [-0.39, 0.29) is 10.6 Å². The number of hydrogen-bond donors (Lipinski definition) is 0. The van der Waals surface area contributed by atoms with Gasteiger partial charge < -0.3 is 0 Å². The van der Waals surface area contributed by atoms with Crippen LogP contribution in [0.15, 0.2) is 61.2 Å². The Balaban J connectivity index is 0.000000152. The van der Waals surface area contributed by atoms with Crippen LogP contribution in [0.4, 0.5) is 5.69 Å². The predicted molar refractivity (Wildman–Crippen MR) is 105 cm³/mol. The minimum Gasteiger partial charge on any atom is -0.264 e. The van der Waals surface area contributed by atoms with E-state index in [1.807, 2.05) is 31.3 Å². The normalized spacial score (nSPS) is 10.4. The van der Waals surface area contributed by atoms with Gasteiger partial charge in [-0.15, -0.1) is 0 Å². The highest BCUT2D eigenvalue weighted by Gasteiger charge is 2.10. The number of rotatable bonds is 1. The molecule has 0 amide bonds. The molecule has 0 aliphatic carbocycles. The summed E-state index contributed by atoms with van der Waals surface area (Å²) in [6.45, 7) is 3.74. The summed E-state index contributed by atoms with van der Waals surface area (Å²) < 4.78 is 0. The van der Waals surface area contributed by atoms with Crippen molar-refractivity contribution in [2.24, 2.45) is 0 Å². The van der Waals surface area contributed by atoms with E-state index >= 15 is 0 Å². The van der Waals surface area contributed by atoms with E-state index in [0.717, 1.165) is 26.7 Å². The third-order valence-electron chi connectivity index (χ3n) is 4.07. The second-order valence-electron chi connectivity index (χ2n) is 5.94. The monoisotopic (exact) mass is 365 g/mol. The first kappa shape index (κ1) is 17.8. The second kappa shape index (κ2) is 7.45. The van der Waals surface area contributed by atoms with Crippen LogP contribution in [-0.2, 0) is 0 Å². The molecule has 4 aromatic rings. The molecule has 0 spiro atoms. The molecule has 6 heteroatoms. The van der Waals surface area contributed by atoms with Crippen LogP contribution in [0, 0.1) is 24.0 Å². The van der Waals surface area contributed by atoms with E-state index in [2.05, 4.69) is 16.0 Å². The summed E-state index contributed by atoms with van der Waals surface area (Å²) in [7, 11) is 0. The van der Waals surface area contributed by atoms with Crippen molar-refractivity contribution < 1.29 is 4.92 Å². The second-order valence-corrected chi connectivity index (χ2v) is 6.35. The lowest BCUT2D eigenvalue weighted by Gasteiger charge is -2.00. The Labute approximate surface area is 155 Å². The molecule has 0 saturated heterocycles. The zero-order valence-electron chi connectivity index (χ0n) is 14.3. The van der Waals surface area contributed by atoms with Gasteiger partial charge in [0.1, 0.15) is 0 Å². The van der Waals surface area contributed by atoms with Gasteiger partial charge in [-0.2, -0.15) is 0 Å². The fraction of sp³-hybridized carbons (Fsp3) is 0.100. The highest BCUT2D eigenvalue weighted by atomic mass is 35.5. The van der Waals surface area contributed by atoms with Crippen LogP contribution in [0.2, 0.25) is 5.02 Å². The minimum atomic E-state index is -0.373. The summed E-state index contributed by atoms with van der Waals surface area (Å²) in [6.07, 6.45) is 6.91. The lowest BCUT2D eigenvalue weighted by molar-refractivity contribution is -0.385. The van der Waals surface area contributed by atoms with E-state index < -0.39 is 0 Å². The van der Waals surface area contributed by atoms with Gasteiger partial charge in [0.2, 0.25) is 0 Å². The SMILES string of the molecule is Cc1cc2ccncc2cc1Cl.Cc1cc2ccncc2cc1[N+](=O)[O-]. The molecule has 2 aromatic carbocycles. The largest absolute Gasteiger partial charge is 0.272 e. The third-order valence-corrected chi connectivity index (χ3v) is 4.48. The molecule has 26 heavy (non-hydrogen) atoms. The highest BCUT2D eigenvalue weighted by molar-refractivity contribution is 6.32. The molecule has 4 rings (SSSR count). The van der Waals surface area contributed by atoms with Crippen molar-refractivity contribution in [3.63, 3.8) is 0 Å². The summed E-state index contributed by atoms with van der Waals surface area (Å²) in [5.41, 5.74) is 1.93. The van der Waals surface area contributed by atoms with Gasteiger partial charge in [-0.05, 0) is 60.5 Å². The molecule has 0 radical (unpaired) electrons. The molecule has 0 aliphatic rings. The van der Waals surface area contributed by atoms with Crippen molar-refractivity contribution in [1.82, 2.24) is 9.97 Å². The first-order valence-electron chi connectivity index (χ1n) is 7.94. The van der Waals surface area contributed by atoms with Gasteiger partial charge in [-0.1, -0.05) is 11.6 Å². The van der Waals surface area contributed by atoms with Gasteiger partial charge in [-0.25, -0.2) is 0 Å². The van der Waals surface area contributed by atoms with E-state index in [4.69, 9.17) is 11.6 Å². The Morgan fingerprint density at radius 1 is 0.846 bits per heavy atom. The summed E-state index contributed by atoms with van der Waals surface area (Å²) in [5.74, 6) is 0.